The molecule has 2 N–H and O–H groups in total. The van der Waals surface area contributed by atoms with Gasteiger partial charge in [0.25, 0.3) is 0 Å². The average Bonchev–Trinajstić information content (AvgIpc) is 2.59. The molecule has 0 atom stereocenters. The van der Waals surface area contributed by atoms with E-state index < -0.39 is 21.7 Å². The van der Waals surface area contributed by atoms with Crippen LogP contribution < -0.4 is 10.7 Å². The molecule has 0 unspecified atom stereocenters. The molecule has 2 aromatic carbocycles. The highest BCUT2D eigenvalue weighted by Crippen LogP contribution is 2.21. The van der Waals surface area contributed by atoms with Gasteiger partial charge in [0, 0.05) is 19.8 Å². The van der Waals surface area contributed by atoms with E-state index >= 15 is 0 Å². The van der Waals surface area contributed by atoms with E-state index in [-0.39, 0.29) is 10.0 Å². The Morgan fingerprint density at radius 3 is 2.48 bits per heavy atom. The molecule has 2 rings (SSSR count). The number of anilines is 1. The SMILES string of the molecule is Cc1ccc(S(=O)(=O)N(C)C)cc1NC(=S)N/N=C\c1ccc(F)c(F)c1. The van der Waals surface area contributed by atoms with E-state index in [4.69, 9.17) is 12.2 Å². The van der Waals surface area contributed by atoms with Gasteiger partial charge in [-0.1, -0.05) is 12.1 Å². The summed E-state index contributed by atoms with van der Waals surface area (Å²) in [6.45, 7) is 1.79. The molecular formula is C17H18F2N4O2S2. The number of halogens is 2. The first-order valence-corrected chi connectivity index (χ1v) is 9.54. The Hall–Kier alpha value is -2.43. The molecule has 0 aliphatic rings. The molecule has 0 heterocycles. The number of hydrogen-bond acceptors (Lipinski definition) is 4. The average molecular weight is 412 g/mol. The summed E-state index contributed by atoms with van der Waals surface area (Å²) >= 11 is 5.12. The summed E-state index contributed by atoms with van der Waals surface area (Å²) in [6, 6.07) is 7.99. The van der Waals surface area contributed by atoms with Gasteiger partial charge in [-0.3, -0.25) is 5.43 Å². The van der Waals surface area contributed by atoms with Gasteiger partial charge in [0.2, 0.25) is 10.0 Å². The van der Waals surface area contributed by atoms with E-state index in [0.717, 1.165) is 22.0 Å². The van der Waals surface area contributed by atoms with E-state index in [1.54, 1.807) is 13.0 Å². The van der Waals surface area contributed by atoms with Gasteiger partial charge in [0.05, 0.1) is 11.1 Å². The number of nitrogens with zero attached hydrogens (tertiary/aromatic N) is 2. The maximum absolute atomic E-state index is 13.1. The zero-order valence-corrected chi connectivity index (χ0v) is 16.5. The van der Waals surface area contributed by atoms with Gasteiger partial charge in [-0.25, -0.2) is 21.5 Å². The monoisotopic (exact) mass is 412 g/mol. The van der Waals surface area contributed by atoms with Crippen LogP contribution in [0.15, 0.2) is 46.4 Å². The fourth-order valence-electron chi connectivity index (χ4n) is 2.02. The molecule has 0 amide bonds. The van der Waals surface area contributed by atoms with E-state index in [2.05, 4.69) is 15.8 Å². The Labute approximate surface area is 161 Å². The highest BCUT2D eigenvalue weighted by atomic mass is 32.2. The third-order valence-corrected chi connectivity index (χ3v) is 5.56. The van der Waals surface area contributed by atoms with Crippen LogP contribution in [0.5, 0.6) is 0 Å². The van der Waals surface area contributed by atoms with Crippen LogP contribution in [0.1, 0.15) is 11.1 Å². The summed E-state index contributed by atoms with van der Waals surface area (Å²) in [5.74, 6) is -1.92. The van der Waals surface area contributed by atoms with Crippen LogP contribution >= 0.6 is 12.2 Å². The summed E-state index contributed by atoms with van der Waals surface area (Å²) in [7, 11) is -0.687. The van der Waals surface area contributed by atoms with Crippen molar-refractivity contribution in [2.24, 2.45) is 5.10 Å². The zero-order valence-electron chi connectivity index (χ0n) is 14.8. The number of rotatable bonds is 5. The molecule has 0 saturated carbocycles. The van der Waals surface area contributed by atoms with Gasteiger partial charge < -0.3 is 5.32 Å². The lowest BCUT2D eigenvalue weighted by molar-refractivity contribution is 0.508. The lowest BCUT2D eigenvalue weighted by Gasteiger charge is -2.15. The number of nitrogens with one attached hydrogen (secondary N) is 2. The van der Waals surface area contributed by atoms with Crippen molar-refractivity contribution in [1.82, 2.24) is 9.73 Å². The van der Waals surface area contributed by atoms with Gasteiger partial charge in [0.1, 0.15) is 0 Å². The Kier molecular flexibility index (Phi) is 6.58. The molecule has 27 heavy (non-hydrogen) atoms. The van der Waals surface area contributed by atoms with Crippen molar-refractivity contribution in [3.8, 4) is 0 Å². The number of hydrazone groups is 1. The van der Waals surface area contributed by atoms with Crippen LogP contribution in [-0.2, 0) is 10.0 Å². The Morgan fingerprint density at radius 1 is 1.15 bits per heavy atom. The van der Waals surface area contributed by atoms with Crippen molar-refractivity contribution < 1.29 is 17.2 Å². The minimum Gasteiger partial charge on any atom is -0.331 e. The Morgan fingerprint density at radius 2 is 1.85 bits per heavy atom. The number of sulfonamides is 1. The molecule has 0 bridgehead atoms. The predicted molar refractivity (Wildman–Crippen MR) is 105 cm³/mol. The van der Waals surface area contributed by atoms with E-state index in [1.807, 2.05) is 0 Å². The standard InChI is InChI=1S/C17H18F2N4O2S2/c1-11-4-6-13(27(24,25)23(2)3)9-16(11)21-17(26)22-20-10-12-5-7-14(18)15(19)8-12/h4-10H,1-3H3,(H2,21,22,26)/b20-10-. The topological polar surface area (TPSA) is 73.8 Å². The van der Waals surface area contributed by atoms with Crippen molar-refractivity contribution in [2.45, 2.75) is 11.8 Å². The van der Waals surface area contributed by atoms with Crippen LogP contribution in [-0.4, -0.2) is 38.1 Å². The molecule has 0 saturated heterocycles. The number of benzene rings is 2. The van der Waals surface area contributed by atoms with Crippen LogP contribution in [0.3, 0.4) is 0 Å². The number of aryl methyl sites for hydroxylation is 1. The van der Waals surface area contributed by atoms with E-state index in [9.17, 15) is 17.2 Å². The van der Waals surface area contributed by atoms with Crippen molar-refractivity contribution >= 4 is 39.3 Å². The van der Waals surface area contributed by atoms with E-state index in [1.165, 1.54) is 38.5 Å². The van der Waals surface area contributed by atoms with Crippen LogP contribution in [0.2, 0.25) is 0 Å². The molecule has 0 aromatic heterocycles. The summed E-state index contributed by atoms with van der Waals surface area (Å²) in [4.78, 5) is 0.119. The summed E-state index contributed by atoms with van der Waals surface area (Å²) in [6.07, 6.45) is 1.27. The van der Waals surface area contributed by atoms with Crippen molar-refractivity contribution in [2.75, 3.05) is 19.4 Å². The quantitative estimate of drug-likeness (QED) is 0.449. The summed E-state index contributed by atoms with van der Waals surface area (Å²) in [5.41, 5.74) is 4.16. The molecule has 0 aliphatic carbocycles. The Bertz CT molecular complexity index is 992. The second kappa shape index (κ2) is 8.51. The molecule has 144 valence electrons. The Balaban J connectivity index is 2.09. The minimum absolute atomic E-state index is 0.108. The largest absolute Gasteiger partial charge is 0.331 e. The molecule has 0 radical (unpaired) electrons. The van der Waals surface area contributed by atoms with Gasteiger partial charge in [0.15, 0.2) is 16.7 Å². The molecule has 2 aromatic rings. The fourth-order valence-corrected chi connectivity index (χ4v) is 3.11. The maximum Gasteiger partial charge on any atom is 0.242 e. The van der Waals surface area contributed by atoms with Gasteiger partial charge in [-0.2, -0.15) is 5.10 Å². The lowest BCUT2D eigenvalue weighted by atomic mass is 10.2. The van der Waals surface area contributed by atoms with Gasteiger partial charge in [-0.15, -0.1) is 0 Å². The minimum atomic E-state index is -3.58. The molecule has 0 spiro atoms. The van der Waals surface area contributed by atoms with Gasteiger partial charge in [-0.05, 0) is 54.5 Å². The second-order valence-electron chi connectivity index (χ2n) is 5.76. The van der Waals surface area contributed by atoms with Crippen molar-refractivity contribution in [3.63, 3.8) is 0 Å². The second-order valence-corrected chi connectivity index (χ2v) is 8.32. The highest BCUT2D eigenvalue weighted by Gasteiger charge is 2.18. The highest BCUT2D eigenvalue weighted by molar-refractivity contribution is 7.89. The lowest BCUT2D eigenvalue weighted by Crippen LogP contribution is -2.25. The predicted octanol–water partition coefficient (Wildman–Crippen LogP) is 2.84. The number of hydrogen-bond donors (Lipinski definition) is 2. The zero-order chi connectivity index (χ0) is 20.2. The first-order valence-electron chi connectivity index (χ1n) is 7.69. The first kappa shape index (κ1) is 20.9. The third kappa shape index (κ3) is 5.28. The van der Waals surface area contributed by atoms with Gasteiger partial charge >= 0.3 is 0 Å². The summed E-state index contributed by atoms with van der Waals surface area (Å²) < 4.78 is 51.6. The van der Waals surface area contributed by atoms with Crippen molar-refractivity contribution in [1.29, 1.82) is 0 Å². The van der Waals surface area contributed by atoms with Crippen LogP contribution in [0, 0.1) is 18.6 Å². The molecule has 0 aliphatic heterocycles. The van der Waals surface area contributed by atoms with E-state index in [0.29, 0.717) is 11.3 Å². The molecule has 6 nitrogen and oxygen atoms in total. The first-order chi connectivity index (χ1) is 12.6. The third-order valence-electron chi connectivity index (χ3n) is 3.56. The molecular weight excluding hydrogens is 394 g/mol. The van der Waals surface area contributed by atoms with Crippen LogP contribution in [0.4, 0.5) is 14.5 Å². The van der Waals surface area contributed by atoms with Crippen LogP contribution in [0.25, 0.3) is 0 Å². The summed E-state index contributed by atoms with van der Waals surface area (Å²) in [5, 5.41) is 6.81. The number of thiocarbonyl (C=S) groups is 1. The smallest absolute Gasteiger partial charge is 0.242 e. The van der Waals surface area contributed by atoms with Crippen molar-refractivity contribution in [3.05, 3.63) is 59.2 Å². The maximum atomic E-state index is 13.1. The molecule has 10 heteroatoms. The molecule has 0 fully saturated rings. The fraction of sp³-hybridized carbons (Fsp3) is 0.176. The normalized spacial score (nSPS) is 11.8.